The highest BCUT2D eigenvalue weighted by molar-refractivity contribution is 5.81. The Morgan fingerprint density at radius 1 is 1.39 bits per heavy atom. The van der Waals surface area contributed by atoms with Crippen molar-refractivity contribution in [3.8, 4) is 0 Å². The zero-order valence-corrected chi connectivity index (χ0v) is 11.0. The van der Waals surface area contributed by atoms with E-state index in [9.17, 15) is 9.59 Å². The first-order valence-corrected chi connectivity index (χ1v) is 6.98. The molecule has 1 saturated carbocycles. The highest BCUT2D eigenvalue weighted by Gasteiger charge is 2.23. The normalized spacial score (nSPS) is 26.1. The van der Waals surface area contributed by atoms with Crippen molar-refractivity contribution in [3.05, 3.63) is 0 Å². The number of nitrogens with one attached hydrogen (secondary N) is 3. The predicted octanol–water partition coefficient (Wildman–Crippen LogP) is 0.302. The standard InChI is InChI=1S/C13H23N3O2/c1-9(13(18)16-10-4-2-3-5-10)14-8-11-6-7-12(17)15-11/h9-11,14H,2-8H2,1H3,(H,15,17)(H,16,18). The van der Waals surface area contributed by atoms with Gasteiger partial charge in [0.15, 0.2) is 0 Å². The first-order valence-electron chi connectivity index (χ1n) is 6.98. The number of hydrogen-bond acceptors (Lipinski definition) is 3. The van der Waals surface area contributed by atoms with Crippen LogP contribution in [0.5, 0.6) is 0 Å². The third-order valence-electron chi connectivity index (χ3n) is 3.85. The van der Waals surface area contributed by atoms with Gasteiger partial charge in [-0.3, -0.25) is 9.59 Å². The zero-order chi connectivity index (χ0) is 13.0. The van der Waals surface area contributed by atoms with E-state index in [-0.39, 0.29) is 23.9 Å². The first-order chi connectivity index (χ1) is 8.65. The molecule has 2 amide bonds. The molecule has 1 aliphatic carbocycles. The Kier molecular flexibility index (Phi) is 4.58. The van der Waals surface area contributed by atoms with Gasteiger partial charge in [-0.15, -0.1) is 0 Å². The third-order valence-corrected chi connectivity index (χ3v) is 3.85. The molecular formula is C13H23N3O2. The molecular weight excluding hydrogens is 230 g/mol. The minimum Gasteiger partial charge on any atom is -0.352 e. The topological polar surface area (TPSA) is 70.2 Å². The van der Waals surface area contributed by atoms with Crippen LogP contribution in [-0.4, -0.2) is 36.5 Å². The first kappa shape index (κ1) is 13.3. The Balaban J connectivity index is 1.65. The quantitative estimate of drug-likeness (QED) is 0.660. The fourth-order valence-electron chi connectivity index (χ4n) is 2.64. The molecule has 2 rings (SSSR count). The summed E-state index contributed by atoms with van der Waals surface area (Å²) >= 11 is 0. The molecule has 5 nitrogen and oxygen atoms in total. The van der Waals surface area contributed by atoms with E-state index >= 15 is 0 Å². The molecule has 5 heteroatoms. The van der Waals surface area contributed by atoms with Crippen LogP contribution in [0.2, 0.25) is 0 Å². The number of carbonyl (C=O) groups excluding carboxylic acids is 2. The van der Waals surface area contributed by atoms with Crippen molar-refractivity contribution in [3.63, 3.8) is 0 Å². The number of amides is 2. The van der Waals surface area contributed by atoms with Crippen molar-refractivity contribution in [1.29, 1.82) is 0 Å². The summed E-state index contributed by atoms with van der Waals surface area (Å²) in [7, 11) is 0. The van der Waals surface area contributed by atoms with Gasteiger partial charge in [0.05, 0.1) is 6.04 Å². The summed E-state index contributed by atoms with van der Waals surface area (Å²) < 4.78 is 0. The molecule has 2 atom stereocenters. The molecule has 0 aromatic carbocycles. The molecule has 102 valence electrons. The van der Waals surface area contributed by atoms with Crippen LogP contribution in [0.4, 0.5) is 0 Å². The van der Waals surface area contributed by atoms with Crippen molar-refractivity contribution in [2.45, 2.75) is 63.6 Å². The maximum Gasteiger partial charge on any atom is 0.237 e. The predicted molar refractivity (Wildman–Crippen MR) is 69.0 cm³/mol. The molecule has 1 heterocycles. The molecule has 18 heavy (non-hydrogen) atoms. The molecule has 2 aliphatic rings. The molecule has 0 aromatic heterocycles. The number of carbonyl (C=O) groups is 2. The Morgan fingerprint density at radius 3 is 2.72 bits per heavy atom. The summed E-state index contributed by atoms with van der Waals surface area (Å²) in [6.07, 6.45) is 6.13. The number of rotatable bonds is 5. The average Bonchev–Trinajstić information content (AvgIpc) is 2.97. The van der Waals surface area contributed by atoms with Crippen LogP contribution in [0.3, 0.4) is 0 Å². The fourth-order valence-corrected chi connectivity index (χ4v) is 2.64. The molecule has 0 aromatic rings. The maximum absolute atomic E-state index is 11.9. The van der Waals surface area contributed by atoms with E-state index in [0.29, 0.717) is 19.0 Å². The molecule has 0 radical (unpaired) electrons. The summed E-state index contributed by atoms with van der Waals surface area (Å²) in [5.74, 6) is 0.191. The molecule has 3 N–H and O–H groups in total. The lowest BCUT2D eigenvalue weighted by molar-refractivity contribution is -0.123. The van der Waals surface area contributed by atoms with Crippen molar-refractivity contribution in [2.75, 3.05) is 6.54 Å². The van der Waals surface area contributed by atoms with Crippen LogP contribution < -0.4 is 16.0 Å². The van der Waals surface area contributed by atoms with E-state index in [1.807, 2.05) is 6.92 Å². The SMILES string of the molecule is CC(NCC1CCC(=O)N1)C(=O)NC1CCCC1. The van der Waals surface area contributed by atoms with E-state index in [1.54, 1.807) is 0 Å². The second kappa shape index (κ2) is 6.18. The lowest BCUT2D eigenvalue weighted by atomic mass is 10.2. The summed E-state index contributed by atoms with van der Waals surface area (Å²) in [5.41, 5.74) is 0. The fraction of sp³-hybridized carbons (Fsp3) is 0.846. The highest BCUT2D eigenvalue weighted by atomic mass is 16.2. The van der Waals surface area contributed by atoms with Crippen LogP contribution in [0.25, 0.3) is 0 Å². The lowest BCUT2D eigenvalue weighted by Gasteiger charge is -2.19. The van der Waals surface area contributed by atoms with Crippen LogP contribution in [0.15, 0.2) is 0 Å². The molecule has 2 unspecified atom stereocenters. The Hall–Kier alpha value is -1.10. The summed E-state index contributed by atoms with van der Waals surface area (Å²) in [6.45, 7) is 2.55. The molecule has 0 spiro atoms. The van der Waals surface area contributed by atoms with Crippen molar-refractivity contribution in [1.82, 2.24) is 16.0 Å². The second-order valence-electron chi connectivity index (χ2n) is 5.42. The van der Waals surface area contributed by atoms with E-state index in [0.717, 1.165) is 19.3 Å². The van der Waals surface area contributed by atoms with Gasteiger partial charge >= 0.3 is 0 Å². The molecule has 1 aliphatic heterocycles. The monoisotopic (exact) mass is 253 g/mol. The van der Waals surface area contributed by atoms with E-state index in [4.69, 9.17) is 0 Å². The Bertz CT molecular complexity index is 313. The van der Waals surface area contributed by atoms with Crippen LogP contribution in [0, 0.1) is 0 Å². The van der Waals surface area contributed by atoms with Gasteiger partial charge in [0.25, 0.3) is 0 Å². The summed E-state index contributed by atoms with van der Waals surface area (Å²) in [5, 5.41) is 9.15. The van der Waals surface area contributed by atoms with Gasteiger partial charge in [0.2, 0.25) is 11.8 Å². The summed E-state index contributed by atoms with van der Waals surface area (Å²) in [4.78, 5) is 23.0. The highest BCUT2D eigenvalue weighted by Crippen LogP contribution is 2.17. The minimum atomic E-state index is -0.192. The molecule has 0 bridgehead atoms. The van der Waals surface area contributed by atoms with Gasteiger partial charge in [-0.25, -0.2) is 0 Å². The molecule has 1 saturated heterocycles. The van der Waals surface area contributed by atoms with Crippen molar-refractivity contribution in [2.24, 2.45) is 0 Å². The van der Waals surface area contributed by atoms with Crippen LogP contribution in [-0.2, 0) is 9.59 Å². The Labute approximate surface area is 108 Å². The van der Waals surface area contributed by atoms with Crippen molar-refractivity contribution >= 4 is 11.8 Å². The van der Waals surface area contributed by atoms with Crippen LogP contribution >= 0.6 is 0 Å². The second-order valence-corrected chi connectivity index (χ2v) is 5.42. The van der Waals surface area contributed by atoms with Gasteiger partial charge in [-0.1, -0.05) is 12.8 Å². The van der Waals surface area contributed by atoms with Gasteiger partial charge in [-0.05, 0) is 26.2 Å². The zero-order valence-electron chi connectivity index (χ0n) is 11.0. The van der Waals surface area contributed by atoms with Crippen molar-refractivity contribution < 1.29 is 9.59 Å². The Morgan fingerprint density at radius 2 is 2.11 bits per heavy atom. The smallest absolute Gasteiger partial charge is 0.237 e. The van der Waals surface area contributed by atoms with Crippen LogP contribution in [0.1, 0.15) is 45.4 Å². The average molecular weight is 253 g/mol. The summed E-state index contributed by atoms with van der Waals surface area (Å²) in [6, 6.07) is 0.357. The van der Waals surface area contributed by atoms with E-state index in [2.05, 4.69) is 16.0 Å². The largest absolute Gasteiger partial charge is 0.352 e. The van der Waals surface area contributed by atoms with Gasteiger partial charge in [-0.2, -0.15) is 0 Å². The maximum atomic E-state index is 11.9. The van der Waals surface area contributed by atoms with Gasteiger partial charge in [0.1, 0.15) is 0 Å². The van der Waals surface area contributed by atoms with Gasteiger partial charge in [0, 0.05) is 25.0 Å². The number of hydrogen-bond donors (Lipinski definition) is 3. The van der Waals surface area contributed by atoms with Gasteiger partial charge < -0.3 is 16.0 Å². The minimum absolute atomic E-state index is 0.0752. The lowest BCUT2D eigenvalue weighted by Crippen LogP contribution is -2.48. The van der Waals surface area contributed by atoms with E-state index in [1.165, 1.54) is 12.8 Å². The molecule has 2 fully saturated rings. The van der Waals surface area contributed by atoms with E-state index < -0.39 is 0 Å². The third kappa shape index (κ3) is 3.70.